The SMILES string of the molecule is CC(C(=O)Nc1ccccc1Cl)N1CCC(C(=O)Nc2ccccc2)CC1. The number of rotatable bonds is 5. The number of halogens is 1. The van der Waals surface area contributed by atoms with Crippen molar-refractivity contribution in [1.82, 2.24) is 4.90 Å². The number of hydrogen-bond donors (Lipinski definition) is 2. The minimum atomic E-state index is -0.278. The Labute approximate surface area is 164 Å². The summed E-state index contributed by atoms with van der Waals surface area (Å²) >= 11 is 6.11. The fourth-order valence-corrected chi connectivity index (χ4v) is 3.46. The number of nitrogens with one attached hydrogen (secondary N) is 2. The molecule has 1 aliphatic heterocycles. The maximum absolute atomic E-state index is 12.5. The monoisotopic (exact) mass is 385 g/mol. The van der Waals surface area contributed by atoms with E-state index in [0.29, 0.717) is 23.8 Å². The fraction of sp³-hybridized carbons (Fsp3) is 0.333. The lowest BCUT2D eigenvalue weighted by atomic mass is 9.94. The van der Waals surface area contributed by atoms with Gasteiger partial charge in [0.2, 0.25) is 11.8 Å². The summed E-state index contributed by atoms with van der Waals surface area (Å²) in [6, 6.07) is 16.4. The first kappa shape index (κ1) is 19.4. The van der Waals surface area contributed by atoms with Gasteiger partial charge in [0.1, 0.15) is 0 Å². The smallest absolute Gasteiger partial charge is 0.241 e. The highest BCUT2D eigenvalue weighted by Gasteiger charge is 2.30. The molecule has 0 radical (unpaired) electrons. The van der Waals surface area contributed by atoms with Crippen LogP contribution in [0.2, 0.25) is 5.02 Å². The van der Waals surface area contributed by atoms with Gasteiger partial charge in [0, 0.05) is 11.6 Å². The van der Waals surface area contributed by atoms with Crippen LogP contribution in [0.15, 0.2) is 54.6 Å². The number of piperidine rings is 1. The van der Waals surface area contributed by atoms with Crippen LogP contribution in [-0.2, 0) is 9.59 Å². The number of carbonyl (C=O) groups excluding carboxylic acids is 2. The summed E-state index contributed by atoms with van der Waals surface area (Å²) in [7, 11) is 0. The van der Waals surface area contributed by atoms with Crippen LogP contribution in [0.25, 0.3) is 0 Å². The lowest BCUT2D eigenvalue weighted by Crippen LogP contribution is -2.47. The summed E-state index contributed by atoms with van der Waals surface area (Å²) in [5.74, 6) is -0.0652. The Hall–Kier alpha value is -2.37. The number of hydrogen-bond acceptors (Lipinski definition) is 3. The number of nitrogens with zero attached hydrogens (tertiary/aromatic N) is 1. The molecule has 27 heavy (non-hydrogen) atoms. The van der Waals surface area contributed by atoms with Gasteiger partial charge in [-0.1, -0.05) is 41.9 Å². The first-order chi connectivity index (χ1) is 13.0. The normalized spacial score (nSPS) is 16.5. The molecule has 0 bridgehead atoms. The highest BCUT2D eigenvalue weighted by atomic mass is 35.5. The van der Waals surface area contributed by atoms with Crippen molar-refractivity contribution >= 4 is 34.8 Å². The number of anilines is 2. The Bertz CT molecular complexity index is 789. The molecule has 0 saturated carbocycles. The van der Waals surface area contributed by atoms with Crippen LogP contribution in [0, 0.1) is 5.92 Å². The number of benzene rings is 2. The zero-order chi connectivity index (χ0) is 19.2. The predicted octanol–water partition coefficient (Wildman–Crippen LogP) is 4.02. The van der Waals surface area contributed by atoms with Crippen molar-refractivity contribution in [2.45, 2.75) is 25.8 Å². The first-order valence-electron chi connectivity index (χ1n) is 9.20. The van der Waals surface area contributed by atoms with Crippen molar-refractivity contribution in [3.8, 4) is 0 Å². The molecule has 6 heteroatoms. The number of likely N-dealkylation sites (tertiary alicyclic amines) is 1. The average Bonchev–Trinajstić information content (AvgIpc) is 2.70. The molecule has 1 saturated heterocycles. The van der Waals surface area contributed by atoms with E-state index < -0.39 is 0 Å². The molecule has 2 aromatic rings. The molecule has 3 rings (SSSR count). The van der Waals surface area contributed by atoms with Crippen molar-refractivity contribution in [3.63, 3.8) is 0 Å². The van der Waals surface area contributed by atoms with Gasteiger partial charge in [0.05, 0.1) is 16.8 Å². The highest BCUT2D eigenvalue weighted by molar-refractivity contribution is 6.33. The molecular weight excluding hydrogens is 362 g/mol. The third-order valence-electron chi connectivity index (χ3n) is 5.00. The van der Waals surface area contributed by atoms with Gasteiger partial charge in [-0.2, -0.15) is 0 Å². The van der Waals surface area contributed by atoms with Crippen LogP contribution in [0.3, 0.4) is 0 Å². The van der Waals surface area contributed by atoms with Crippen LogP contribution in [0.4, 0.5) is 11.4 Å². The summed E-state index contributed by atoms with van der Waals surface area (Å²) < 4.78 is 0. The molecule has 142 valence electrons. The van der Waals surface area contributed by atoms with Gasteiger partial charge >= 0.3 is 0 Å². The second-order valence-corrected chi connectivity index (χ2v) is 7.22. The molecule has 1 aliphatic rings. The molecule has 1 atom stereocenters. The van der Waals surface area contributed by atoms with E-state index in [0.717, 1.165) is 18.5 Å². The summed E-state index contributed by atoms with van der Waals surface area (Å²) in [5.41, 5.74) is 1.44. The average molecular weight is 386 g/mol. The zero-order valence-electron chi connectivity index (χ0n) is 15.3. The number of para-hydroxylation sites is 2. The fourth-order valence-electron chi connectivity index (χ4n) is 3.28. The van der Waals surface area contributed by atoms with E-state index in [9.17, 15) is 9.59 Å². The van der Waals surface area contributed by atoms with Crippen LogP contribution >= 0.6 is 11.6 Å². The van der Waals surface area contributed by atoms with Gasteiger partial charge in [-0.15, -0.1) is 0 Å². The molecule has 2 amide bonds. The molecule has 0 spiro atoms. The molecule has 0 aliphatic carbocycles. The third kappa shape index (κ3) is 5.08. The van der Waals surface area contributed by atoms with Gasteiger partial charge in [-0.3, -0.25) is 14.5 Å². The zero-order valence-corrected chi connectivity index (χ0v) is 16.1. The van der Waals surface area contributed by atoms with Crippen LogP contribution in [-0.4, -0.2) is 35.8 Å². The quantitative estimate of drug-likeness (QED) is 0.817. The van der Waals surface area contributed by atoms with Crippen molar-refractivity contribution < 1.29 is 9.59 Å². The standard InChI is InChI=1S/C21H24ClN3O2/c1-15(20(26)24-19-10-6-5-9-18(19)22)25-13-11-16(12-14-25)21(27)23-17-7-3-2-4-8-17/h2-10,15-16H,11-14H2,1H3,(H,23,27)(H,24,26). The van der Waals surface area contributed by atoms with Crippen LogP contribution in [0.1, 0.15) is 19.8 Å². The van der Waals surface area contributed by atoms with Gasteiger partial charge in [0.25, 0.3) is 0 Å². The highest BCUT2D eigenvalue weighted by Crippen LogP contribution is 2.23. The summed E-state index contributed by atoms with van der Waals surface area (Å²) in [4.78, 5) is 27.1. The molecule has 1 fully saturated rings. The first-order valence-corrected chi connectivity index (χ1v) is 9.58. The number of amides is 2. The third-order valence-corrected chi connectivity index (χ3v) is 5.33. The van der Waals surface area contributed by atoms with Gasteiger partial charge in [-0.05, 0) is 57.1 Å². The minimum absolute atomic E-state index is 0.0275. The largest absolute Gasteiger partial charge is 0.326 e. The molecule has 5 nitrogen and oxygen atoms in total. The maximum Gasteiger partial charge on any atom is 0.241 e. The number of carbonyl (C=O) groups is 2. The molecule has 1 unspecified atom stereocenters. The van der Waals surface area contributed by atoms with Crippen molar-refractivity contribution in [2.75, 3.05) is 23.7 Å². The lowest BCUT2D eigenvalue weighted by molar-refractivity contribution is -0.123. The summed E-state index contributed by atoms with van der Waals surface area (Å²) in [6.45, 7) is 3.31. The van der Waals surface area contributed by atoms with E-state index in [4.69, 9.17) is 11.6 Å². The van der Waals surface area contributed by atoms with E-state index in [1.54, 1.807) is 12.1 Å². The molecular formula is C21H24ClN3O2. The van der Waals surface area contributed by atoms with E-state index in [2.05, 4.69) is 15.5 Å². The van der Waals surface area contributed by atoms with Gasteiger partial charge in [-0.25, -0.2) is 0 Å². The summed E-state index contributed by atoms with van der Waals surface area (Å²) in [5, 5.41) is 6.37. The van der Waals surface area contributed by atoms with Crippen molar-refractivity contribution in [2.24, 2.45) is 5.92 Å². The van der Waals surface area contributed by atoms with Gasteiger partial charge in [0.15, 0.2) is 0 Å². The topological polar surface area (TPSA) is 61.4 Å². The Morgan fingerprint density at radius 3 is 2.30 bits per heavy atom. The van der Waals surface area contributed by atoms with Gasteiger partial charge < -0.3 is 10.6 Å². The maximum atomic E-state index is 12.5. The Morgan fingerprint density at radius 1 is 1.00 bits per heavy atom. The molecule has 2 aromatic carbocycles. The van der Waals surface area contributed by atoms with E-state index >= 15 is 0 Å². The van der Waals surface area contributed by atoms with E-state index in [-0.39, 0.29) is 23.8 Å². The Balaban J connectivity index is 1.50. The Kier molecular flexibility index (Phi) is 6.48. The minimum Gasteiger partial charge on any atom is -0.326 e. The second-order valence-electron chi connectivity index (χ2n) is 6.81. The van der Waals surface area contributed by atoms with E-state index in [1.165, 1.54) is 0 Å². The molecule has 0 aromatic heterocycles. The second kappa shape index (κ2) is 9.02. The van der Waals surface area contributed by atoms with Crippen LogP contribution < -0.4 is 10.6 Å². The van der Waals surface area contributed by atoms with E-state index in [1.807, 2.05) is 49.4 Å². The Morgan fingerprint density at radius 2 is 1.63 bits per heavy atom. The molecule has 1 heterocycles. The lowest BCUT2D eigenvalue weighted by Gasteiger charge is -2.34. The van der Waals surface area contributed by atoms with Crippen LogP contribution in [0.5, 0.6) is 0 Å². The van der Waals surface area contributed by atoms with Crippen molar-refractivity contribution in [1.29, 1.82) is 0 Å². The summed E-state index contributed by atoms with van der Waals surface area (Å²) in [6.07, 6.45) is 1.48. The van der Waals surface area contributed by atoms with Crippen molar-refractivity contribution in [3.05, 3.63) is 59.6 Å². The molecule has 2 N–H and O–H groups in total. The predicted molar refractivity (Wildman–Crippen MR) is 109 cm³/mol.